The molecule has 9 nitrogen and oxygen atoms in total. The molecule has 0 spiro atoms. The molecule has 5 rings (SSSR count). The Morgan fingerprint density at radius 1 is 1.07 bits per heavy atom. The van der Waals surface area contributed by atoms with Crippen molar-refractivity contribution in [1.82, 2.24) is 9.88 Å². The van der Waals surface area contributed by atoms with Crippen molar-refractivity contribution in [2.24, 2.45) is 5.73 Å². The van der Waals surface area contributed by atoms with Crippen LogP contribution in [0.15, 0.2) is 60.0 Å². The molecule has 0 saturated carbocycles. The summed E-state index contributed by atoms with van der Waals surface area (Å²) in [6.45, 7) is 3.27. The third-order valence-corrected chi connectivity index (χ3v) is 7.94. The maximum absolute atomic E-state index is 13.8. The summed E-state index contributed by atoms with van der Waals surface area (Å²) in [6, 6.07) is 15.7. The first-order chi connectivity index (χ1) is 19.8. The van der Waals surface area contributed by atoms with Crippen molar-refractivity contribution in [3.63, 3.8) is 0 Å². The number of carbonyl (C=O) groups is 3. The molecule has 4 aromatic rings. The largest absolute Gasteiger partial charge is 0.493 e. The molecule has 2 aromatic heterocycles. The van der Waals surface area contributed by atoms with E-state index in [2.05, 4.69) is 10.3 Å². The number of thiophene rings is 1. The Morgan fingerprint density at radius 2 is 1.85 bits per heavy atom. The fourth-order valence-corrected chi connectivity index (χ4v) is 5.82. The summed E-state index contributed by atoms with van der Waals surface area (Å²) in [5, 5.41) is 15.1. The van der Waals surface area contributed by atoms with Crippen molar-refractivity contribution in [3.05, 3.63) is 88.1 Å². The Hall–Kier alpha value is -4.54. The van der Waals surface area contributed by atoms with Crippen molar-refractivity contribution in [2.45, 2.75) is 26.3 Å². The number of nitrogens with one attached hydrogen (secondary N) is 1. The Bertz CT molecular complexity index is 1630. The van der Waals surface area contributed by atoms with Gasteiger partial charge in [0.25, 0.3) is 11.8 Å². The Kier molecular flexibility index (Phi) is 8.14. The monoisotopic (exact) mass is 570 g/mol. The van der Waals surface area contributed by atoms with Gasteiger partial charge in [-0.3, -0.25) is 9.59 Å². The summed E-state index contributed by atoms with van der Waals surface area (Å²) >= 11 is 1.56. The number of amides is 2. The lowest BCUT2D eigenvalue weighted by Crippen LogP contribution is -2.28. The molecule has 3 heterocycles. The maximum atomic E-state index is 13.8. The van der Waals surface area contributed by atoms with Gasteiger partial charge in [-0.2, -0.15) is 0 Å². The summed E-state index contributed by atoms with van der Waals surface area (Å²) in [5.41, 5.74) is 9.57. The van der Waals surface area contributed by atoms with Crippen LogP contribution in [0.3, 0.4) is 0 Å². The highest BCUT2D eigenvalue weighted by Crippen LogP contribution is 2.43. The molecular formula is C31H30N4O5S. The molecule has 0 radical (unpaired) electrons. The van der Waals surface area contributed by atoms with Crippen LogP contribution in [-0.4, -0.2) is 53.0 Å². The van der Waals surface area contributed by atoms with E-state index in [-0.39, 0.29) is 28.4 Å². The van der Waals surface area contributed by atoms with Crippen LogP contribution in [0, 0.1) is 0 Å². The Labute approximate surface area is 241 Å². The van der Waals surface area contributed by atoms with Gasteiger partial charge in [0.1, 0.15) is 11.4 Å². The van der Waals surface area contributed by atoms with E-state index in [9.17, 15) is 19.5 Å². The maximum Gasteiger partial charge on any atom is 0.355 e. The van der Waals surface area contributed by atoms with Crippen LogP contribution in [-0.2, 0) is 13.0 Å². The summed E-state index contributed by atoms with van der Waals surface area (Å²) in [6.07, 6.45) is 1.46. The number of carboxylic acids is 1. The first-order valence-electron chi connectivity index (χ1n) is 13.3. The van der Waals surface area contributed by atoms with Gasteiger partial charge in [0.2, 0.25) is 0 Å². The number of fused-ring (bicyclic) bond motifs is 3. The van der Waals surface area contributed by atoms with Gasteiger partial charge in [-0.15, -0.1) is 11.3 Å². The average Bonchev–Trinajstić information content (AvgIpc) is 3.38. The second-order valence-electron chi connectivity index (χ2n) is 9.75. The van der Waals surface area contributed by atoms with Crippen LogP contribution in [0.1, 0.15) is 55.8 Å². The number of hydrogen-bond donors (Lipinski definition) is 3. The van der Waals surface area contributed by atoms with E-state index in [1.165, 1.54) is 17.0 Å². The zero-order chi connectivity index (χ0) is 29.1. The molecule has 0 bridgehead atoms. The van der Waals surface area contributed by atoms with Crippen LogP contribution in [0.2, 0.25) is 0 Å². The van der Waals surface area contributed by atoms with E-state index < -0.39 is 11.9 Å². The summed E-state index contributed by atoms with van der Waals surface area (Å²) in [5.74, 6) is -1.57. The van der Waals surface area contributed by atoms with E-state index in [0.717, 1.165) is 28.0 Å². The van der Waals surface area contributed by atoms with Crippen LogP contribution < -0.4 is 15.8 Å². The van der Waals surface area contributed by atoms with Crippen molar-refractivity contribution in [1.29, 1.82) is 0 Å². The van der Waals surface area contributed by atoms with E-state index >= 15 is 0 Å². The van der Waals surface area contributed by atoms with Gasteiger partial charge in [0, 0.05) is 59.4 Å². The number of rotatable bonds is 8. The van der Waals surface area contributed by atoms with Gasteiger partial charge in [0.15, 0.2) is 5.69 Å². The molecule has 0 fully saturated rings. The number of ether oxygens (including phenoxy) is 1. The number of pyridine rings is 1. The topological polar surface area (TPSA) is 135 Å². The molecule has 10 heteroatoms. The quantitative estimate of drug-likeness (QED) is 0.262. The lowest BCUT2D eigenvalue weighted by Gasteiger charge is -2.18. The number of hydrogen-bond acceptors (Lipinski definition) is 7. The molecule has 2 aromatic carbocycles. The van der Waals surface area contributed by atoms with Crippen LogP contribution >= 0.6 is 11.3 Å². The van der Waals surface area contributed by atoms with Crippen molar-refractivity contribution < 1.29 is 24.2 Å². The molecule has 4 N–H and O–H groups in total. The molecule has 0 unspecified atom stereocenters. The number of carbonyl (C=O) groups excluding carboxylic acids is 2. The van der Waals surface area contributed by atoms with Gasteiger partial charge < -0.3 is 25.8 Å². The third kappa shape index (κ3) is 5.70. The molecule has 2 amide bonds. The van der Waals surface area contributed by atoms with Crippen molar-refractivity contribution >= 4 is 34.8 Å². The minimum Gasteiger partial charge on any atom is -0.493 e. The summed E-state index contributed by atoms with van der Waals surface area (Å²) < 4.78 is 6.09. The highest BCUT2D eigenvalue weighted by atomic mass is 32.1. The number of nitrogens with two attached hydrogens (primary N) is 1. The molecule has 0 atom stereocenters. The van der Waals surface area contributed by atoms with Gasteiger partial charge in [-0.1, -0.05) is 19.1 Å². The zero-order valence-electron chi connectivity index (χ0n) is 22.8. The Morgan fingerprint density at radius 3 is 2.56 bits per heavy atom. The molecule has 210 valence electrons. The highest BCUT2D eigenvalue weighted by molar-refractivity contribution is 7.13. The normalized spacial score (nSPS) is 12.0. The standard InChI is InChI=1S/C31H30N4O5S/c1-3-12-35(2)30(37)25-9-8-21(27(34-25)31(38)39)22-16-26-24(28-19(10-13-40-26)11-14-41-28)15-23(22)29(36)33-20-6-4-18(17-32)5-7-20/h4-9,11,14-16H,3,10,12-13,17,32H2,1-2H3,(H,33,36)(H,38,39). The van der Waals surface area contributed by atoms with E-state index in [4.69, 9.17) is 10.5 Å². The van der Waals surface area contributed by atoms with Crippen LogP contribution in [0.4, 0.5) is 5.69 Å². The average molecular weight is 571 g/mol. The molecule has 0 aliphatic carbocycles. The second kappa shape index (κ2) is 11.9. The highest BCUT2D eigenvalue weighted by Gasteiger charge is 2.27. The van der Waals surface area contributed by atoms with Crippen molar-refractivity contribution in [2.75, 3.05) is 25.5 Å². The number of nitrogens with zero attached hydrogens (tertiary/aromatic N) is 2. The number of anilines is 1. The minimum atomic E-state index is -1.31. The van der Waals surface area contributed by atoms with Gasteiger partial charge in [-0.25, -0.2) is 9.78 Å². The number of aromatic nitrogens is 1. The smallest absolute Gasteiger partial charge is 0.355 e. The van der Waals surface area contributed by atoms with Gasteiger partial charge >= 0.3 is 5.97 Å². The third-order valence-electron chi connectivity index (χ3n) is 6.95. The SMILES string of the molecule is CCCN(C)C(=O)c1ccc(-c2cc3c(cc2C(=O)Nc2ccc(CN)cc2)-c2sccc2CCO3)c(C(=O)O)n1. The van der Waals surface area contributed by atoms with Crippen LogP contribution in [0.25, 0.3) is 21.6 Å². The summed E-state index contributed by atoms with van der Waals surface area (Å²) in [7, 11) is 1.65. The summed E-state index contributed by atoms with van der Waals surface area (Å²) in [4.78, 5) is 45.9. The van der Waals surface area contributed by atoms with E-state index in [1.54, 1.807) is 42.6 Å². The fraction of sp³-hybridized carbons (Fsp3) is 0.226. The molecule has 1 aliphatic rings. The van der Waals surface area contributed by atoms with Crippen LogP contribution in [0.5, 0.6) is 5.75 Å². The van der Waals surface area contributed by atoms with E-state index in [1.807, 2.05) is 30.5 Å². The molecule has 1 aliphatic heterocycles. The first-order valence-corrected chi connectivity index (χ1v) is 14.2. The molecule has 41 heavy (non-hydrogen) atoms. The first kappa shape index (κ1) is 28.0. The lowest BCUT2D eigenvalue weighted by molar-refractivity contribution is 0.0690. The number of benzene rings is 2. The van der Waals surface area contributed by atoms with Crippen molar-refractivity contribution in [3.8, 4) is 27.3 Å². The van der Waals surface area contributed by atoms with Gasteiger partial charge in [-0.05, 0) is 65.4 Å². The molecule has 0 saturated heterocycles. The fourth-order valence-electron chi connectivity index (χ4n) is 4.84. The number of aromatic carboxylic acids is 1. The predicted octanol–water partition coefficient (Wildman–Crippen LogP) is 5.30. The lowest BCUT2D eigenvalue weighted by atomic mass is 9.93. The van der Waals surface area contributed by atoms with E-state index in [0.29, 0.717) is 43.1 Å². The van der Waals surface area contributed by atoms with Gasteiger partial charge in [0.05, 0.1) is 6.61 Å². The molecular weight excluding hydrogens is 540 g/mol. The predicted molar refractivity (Wildman–Crippen MR) is 159 cm³/mol. The minimum absolute atomic E-state index is 0.0160. The Balaban J connectivity index is 1.66. The number of carboxylic acid groups (broad SMARTS) is 1. The second-order valence-corrected chi connectivity index (χ2v) is 10.7. The zero-order valence-corrected chi connectivity index (χ0v) is 23.6.